The van der Waals surface area contributed by atoms with Gasteiger partial charge in [0.25, 0.3) is 11.7 Å². The number of carbonyl (C=O) groups is 2. The van der Waals surface area contributed by atoms with Crippen LogP contribution in [-0.2, 0) is 9.59 Å². The summed E-state index contributed by atoms with van der Waals surface area (Å²) >= 11 is 6.17. The summed E-state index contributed by atoms with van der Waals surface area (Å²) in [7, 11) is 5.24. The largest absolute Gasteiger partial charge is 0.507 e. The highest BCUT2D eigenvalue weighted by Gasteiger charge is 2.47. The SMILES string of the molecule is COc1ccc(/C(O)=C2\C(=O)C(=O)N(CCN(C)C)[C@@H]2c2ccc(C)o2)cc1Cl. The van der Waals surface area contributed by atoms with E-state index < -0.39 is 17.7 Å². The molecule has 1 fully saturated rings. The molecule has 2 heterocycles. The van der Waals surface area contributed by atoms with Crippen LogP contribution in [0.15, 0.2) is 40.3 Å². The molecular formula is C21H23ClN2O5. The molecule has 29 heavy (non-hydrogen) atoms. The summed E-state index contributed by atoms with van der Waals surface area (Å²) in [6, 6.07) is 7.31. The van der Waals surface area contributed by atoms with Gasteiger partial charge in [-0.1, -0.05) is 11.6 Å². The van der Waals surface area contributed by atoms with Crippen molar-refractivity contribution in [1.82, 2.24) is 9.80 Å². The molecule has 1 amide bonds. The molecule has 1 aromatic heterocycles. The van der Waals surface area contributed by atoms with Crippen LogP contribution in [0.3, 0.4) is 0 Å². The Kier molecular flexibility index (Phi) is 6.00. The predicted octanol–water partition coefficient (Wildman–Crippen LogP) is 3.23. The minimum absolute atomic E-state index is 0.0238. The predicted molar refractivity (Wildman–Crippen MR) is 109 cm³/mol. The van der Waals surface area contributed by atoms with Crippen molar-refractivity contribution in [2.45, 2.75) is 13.0 Å². The molecule has 1 aromatic carbocycles. The Labute approximate surface area is 174 Å². The summed E-state index contributed by atoms with van der Waals surface area (Å²) in [5.74, 6) is -0.237. The molecule has 3 rings (SSSR count). The summed E-state index contributed by atoms with van der Waals surface area (Å²) in [6.45, 7) is 2.64. The van der Waals surface area contributed by atoms with E-state index >= 15 is 0 Å². The van der Waals surface area contributed by atoms with Gasteiger partial charge < -0.3 is 24.1 Å². The molecule has 0 spiro atoms. The Bertz CT molecular complexity index is 979. The minimum Gasteiger partial charge on any atom is -0.507 e. The third-order valence-corrected chi connectivity index (χ3v) is 5.08. The maximum Gasteiger partial charge on any atom is 0.295 e. The lowest BCUT2D eigenvalue weighted by molar-refractivity contribution is -0.140. The van der Waals surface area contributed by atoms with E-state index in [1.807, 2.05) is 19.0 Å². The van der Waals surface area contributed by atoms with Gasteiger partial charge in [-0.05, 0) is 51.4 Å². The average Bonchev–Trinajstić information content (AvgIpc) is 3.21. The minimum atomic E-state index is -0.815. The number of hydrogen-bond acceptors (Lipinski definition) is 6. The number of rotatable bonds is 6. The van der Waals surface area contributed by atoms with Crippen molar-refractivity contribution >= 4 is 29.1 Å². The van der Waals surface area contributed by atoms with Crippen LogP contribution >= 0.6 is 11.6 Å². The van der Waals surface area contributed by atoms with Crippen molar-refractivity contribution in [2.24, 2.45) is 0 Å². The number of ether oxygens (including phenoxy) is 1. The molecule has 0 unspecified atom stereocenters. The van der Waals surface area contributed by atoms with E-state index in [2.05, 4.69) is 0 Å². The third kappa shape index (κ3) is 4.02. The summed E-state index contributed by atoms with van der Waals surface area (Å²) in [5, 5.41) is 11.2. The number of hydrogen-bond donors (Lipinski definition) is 1. The number of likely N-dealkylation sites (tertiary alicyclic amines) is 1. The zero-order valence-corrected chi connectivity index (χ0v) is 17.5. The van der Waals surface area contributed by atoms with Crippen LogP contribution in [0.1, 0.15) is 23.1 Å². The van der Waals surface area contributed by atoms with Gasteiger partial charge in [0.05, 0.1) is 17.7 Å². The fraction of sp³-hybridized carbons (Fsp3) is 0.333. The van der Waals surface area contributed by atoms with E-state index in [4.69, 9.17) is 20.8 Å². The summed E-state index contributed by atoms with van der Waals surface area (Å²) in [4.78, 5) is 28.9. The first-order chi connectivity index (χ1) is 13.7. The zero-order chi connectivity index (χ0) is 21.3. The van der Waals surface area contributed by atoms with Gasteiger partial charge in [-0.15, -0.1) is 0 Å². The van der Waals surface area contributed by atoms with Crippen molar-refractivity contribution in [2.75, 3.05) is 34.3 Å². The number of aliphatic hydroxyl groups excluding tert-OH is 1. The zero-order valence-electron chi connectivity index (χ0n) is 16.7. The maximum atomic E-state index is 12.9. The second-order valence-corrected chi connectivity index (χ2v) is 7.50. The number of methoxy groups -OCH3 is 1. The number of ketones is 1. The first-order valence-corrected chi connectivity index (χ1v) is 9.45. The van der Waals surface area contributed by atoms with Gasteiger partial charge in [-0.3, -0.25) is 9.59 Å². The van der Waals surface area contributed by atoms with Crippen LogP contribution in [0.25, 0.3) is 5.76 Å². The fourth-order valence-corrected chi connectivity index (χ4v) is 3.54. The number of benzene rings is 1. The fourth-order valence-electron chi connectivity index (χ4n) is 3.28. The lowest BCUT2D eigenvalue weighted by Gasteiger charge is -2.24. The monoisotopic (exact) mass is 418 g/mol. The standard InChI is InChI=1S/C21H23ClN2O5/c1-12-5-7-16(29-12)18-17(20(26)21(27)24(18)10-9-23(2)3)19(25)13-6-8-15(28-4)14(22)11-13/h5-8,11,18,25H,9-10H2,1-4H3/b19-17+/t18-/m1/s1. The van der Waals surface area contributed by atoms with E-state index in [1.54, 1.807) is 31.2 Å². The van der Waals surface area contributed by atoms with Gasteiger partial charge in [0.15, 0.2) is 0 Å². The third-order valence-electron chi connectivity index (χ3n) is 4.78. The summed E-state index contributed by atoms with van der Waals surface area (Å²) in [6.07, 6.45) is 0. The first-order valence-electron chi connectivity index (χ1n) is 9.08. The Balaban J connectivity index is 2.13. The van der Waals surface area contributed by atoms with Gasteiger partial charge >= 0.3 is 0 Å². The molecule has 1 aliphatic rings. The van der Waals surface area contributed by atoms with E-state index in [0.29, 0.717) is 35.9 Å². The van der Waals surface area contributed by atoms with Gasteiger partial charge in [0, 0.05) is 18.7 Å². The normalized spacial score (nSPS) is 18.7. The van der Waals surface area contributed by atoms with Gasteiger partial charge in [-0.25, -0.2) is 0 Å². The molecule has 2 aromatic rings. The molecule has 0 aliphatic carbocycles. The molecule has 1 aliphatic heterocycles. The molecule has 1 saturated heterocycles. The number of halogens is 1. The molecule has 0 bridgehead atoms. The van der Waals surface area contributed by atoms with Crippen molar-refractivity contribution in [3.63, 3.8) is 0 Å². The lowest BCUT2D eigenvalue weighted by Crippen LogP contribution is -2.35. The van der Waals surface area contributed by atoms with E-state index in [0.717, 1.165) is 0 Å². The van der Waals surface area contributed by atoms with E-state index in [9.17, 15) is 14.7 Å². The Morgan fingerprint density at radius 2 is 2.00 bits per heavy atom. The molecule has 0 saturated carbocycles. The Morgan fingerprint density at radius 1 is 1.28 bits per heavy atom. The Hall–Kier alpha value is -2.77. The molecule has 0 radical (unpaired) electrons. The van der Waals surface area contributed by atoms with Crippen molar-refractivity contribution in [3.8, 4) is 5.75 Å². The van der Waals surface area contributed by atoms with Crippen molar-refractivity contribution in [3.05, 3.63) is 58.0 Å². The van der Waals surface area contributed by atoms with Crippen molar-refractivity contribution in [1.29, 1.82) is 0 Å². The number of amides is 1. The number of carbonyl (C=O) groups excluding carboxylic acids is 2. The quantitative estimate of drug-likeness (QED) is 0.440. The highest BCUT2D eigenvalue weighted by molar-refractivity contribution is 6.46. The molecule has 154 valence electrons. The summed E-state index contributed by atoms with van der Waals surface area (Å²) in [5.41, 5.74) is 0.291. The van der Waals surface area contributed by atoms with Crippen LogP contribution in [0.4, 0.5) is 0 Å². The van der Waals surface area contributed by atoms with Crippen LogP contribution in [0.5, 0.6) is 5.75 Å². The lowest BCUT2D eigenvalue weighted by atomic mass is 9.99. The Morgan fingerprint density at radius 3 is 2.55 bits per heavy atom. The number of furan rings is 1. The summed E-state index contributed by atoms with van der Waals surface area (Å²) < 4.78 is 10.9. The molecule has 1 atom stereocenters. The van der Waals surface area contributed by atoms with Gasteiger partial charge in [0.1, 0.15) is 29.1 Å². The number of likely N-dealkylation sites (N-methyl/N-ethyl adjacent to an activating group) is 1. The highest BCUT2D eigenvalue weighted by atomic mass is 35.5. The second-order valence-electron chi connectivity index (χ2n) is 7.09. The first kappa shape index (κ1) is 21.0. The van der Waals surface area contributed by atoms with Crippen LogP contribution in [0.2, 0.25) is 5.02 Å². The average molecular weight is 419 g/mol. The smallest absolute Gasteiger partial charge is 0.295 e. The molecule has 1 N–H and O–H groups in total. The van der Waals surface area contributed by atoms with E-state index in [-0.39, 0.29) is 16.4 Å². The van der Waals surface area contributed by atoms with Gasteiger partial charge in [0.2, 0.25) is 0 Å². The van der Waals surface area contributed by atoms with E-state index in [1.165, 1.54) is 18.1 Å². The number of nitrogens with zero attached hydrogens (tertiary/aromatic N) is 2. The number of aliphatic hydroxyl groups is 1. The number of aryl methyl sites for hydroxylation is 1. The molecular weight excluding hydrogens is 396 g/mol. The highest BCUT2D eigenvalue weighted by Crippen LogP contribution is 2.40. The van der Waals surface area contributed by atoms with Crippen LogP contribution in [0, 0.1) is 6.92 Å². The van der Waals surface area contributed by atoms with Crippen molar-refractivity contribution < 1.29 is 23.8 Å². The van der Waals surface area contributed by atoms with Gasteiger partial charge in [-0.2, -0.15) is 0 Å². The topological polar surface area (TPSA) is 83.2 Å². The van der Waals surface area contributed by atoms with Crippen LogP contribution < -0.4 is 4.74 Å². The molecule has 8 heteroatoms. The molecule has 7 nitrogen and oxygen atoms in total. The second kappa shape index (κ2) is 8.31. The van der Waals surface area contributed by atoms with Crippen LogP contribution in [-0.4, -0.2) is 60.9 Å². The maximum absolute atomic E-state index is 12.9. The number of Topliss-reactive ketones (excluding diaryl/α,β-unsaturated/α-hetero) is 1.